The fourth-order valence-corrected chi connectivity index (χ4v) is 1.85. The van der Waals surface area contributed by atoms with Gasteiger partial charge in [-0.25, -0.2) is 4.79 Å². The lowest BCUT2D eigenvalue weighted by molar-refractivity contribution is 0.143. The van der Waals surface area contributed by atoms with Crippen molar-refractivity contribution in [2.45, 2.75) is 13.8 Å². The molecule has 0 N–H and O–H groups in total. The molecule has 0 aliphatic heterocycles. The second kappa shape index (κ2) is 7.39. The minimum atomic E-state index is -0.550. The number of carbonyl (C=O) groups excluding carboxylic acids is 1. The number of ether oxygens (including phenoxy) is 1. The Bertz CT molecular complexity index is 562. The summed E-state index contributed by atoms with van der Waals surface area (Å²) in [5.41, 5.74) is 2.42. The first-order valence-electron chi connectivity index (χ1n) is 7.03. The van der Waals surface area contributed by atoms with Crippen LogP contribution in [-0.4, -0.2) is 18.4 Å². The number of rotatable bonds is 4. The van der Waals surface area contributed by atoms with Crippen molar-refractivity contribution >= 4 is 11.8 Å². The highest BCUT2D eigenvalue weighted by molar-refractivity contribution is 6.16. The molecule has 0 saturated carbocycles. The van der Waals surface area contributed by atoms with Gasteiger partial charge >= 0.3 is 6.09 Å². The van der Waals surface area contributed by atoms with Crippen LogP contribution in [0, 0.1) is 5.92 Å². The summed E-state index contributed by atoms with van der Waals surface area (Å²) in [5.74, 6) is 0.293. The smallest absolute Gasteiger partial charge is 0.434 e. The van der Waals surface area contributed by atoms with E-state index >= 15 is 0 Å². The van der Waals surface area contributed by atoms with Crippen LogP contribution in [0.25, 0.3) is 0 Å². The van der Waals surface area contributed by atoms with Gasteiger partial charge < -0.3 is 4.74 Å². The minimum absolute atomic E-state index is 0.293. The molecule has 0 aliphatic rings. The zero-order valence-corrected chi connectivity index (χ0v) is 12.3. The molecule has 0 saturated heterocycles. The predicted molar refractivity (Wildman–Crippen MR) is 84.7 cm³/mol. The third-order valence-electron chi connectivity index (χ3n) is 2.84. The normalized spacial score (nSPS) is 10.2. The van der Waals surface area contributed by atoms with Gasteiger partial charge in [0.25, 0.3) is 0 Å². The van der Waals surface area contributed by atoms with Crippen LogP contribution in [0.3, 0.4) is 0 Å². The second-order valence-corrected chi connectivity index (χ2v) is 5.16. The SMILES string of the molecule is CC(C)COC(=O)N=C(c1ccccc1)c1ccccc1. The molecule has 0 unspecified atom stereocenters. The molecule has 2 aromatic rings. The molecule has 2 aromatic carbocycles. The molecular formula is C18H19NO2. The second-order valence-electron chi connectivity index (χ2n) is 5.16. The molecule has 0 aromatic heterocycles. The number of carbonyl (C=O) groups is 1. The summed E-state index contributed by atoms with van der Waals surface area (Å²) in [7, 11) is 0. The average Bonchev–Trinajstić information content (AvgIpc) is 2.52. The highest BCUT2D eigenvalue weighted by Gasteiger charge is 2.10. The van der Waals surface area contributed by atoms with Gasteiger partial charge in [-0.1, -0.05) is 74.5 Å². The number of hydrogen-bond donors (Lipinski definition) is 0. The van der Waals surface area contributed by atoms with Crippen molar-refractivity contribution in [3.05, 3.63) is 71.8 Å². The highest BCUT2D eigenvalue weighted by atomic mass is 16.5. The van der Waals surface area contributed by atoms with E-state index in [2.05, 4.69) is 4.99 Å². The molecule has 0 radical (unpaired) electrons. The Morgan fingerprint density at radius 3 is 1.86 bits per heavy atom. The van der Waals surface area contributed by atoms with Gasteiger partial charge in [0.1, 0.15) is 0 Å². The van der Waals surface area contributed by atoms with Gasteiger partial charge in [-0.15, -0.1) is 0 Å². The van der Waals surface area contributed by atoms with Gasteiger partial charge in [0.05, 0.1) is 12.3 Å². The van der Waals surface area contributed by atoms with Gasteiger partial charge in [-0.3, -0.25) is 0 Å². The van der Waals surface area contributed by atoms with E-state index in [1.54, 1.807) is 0 Å². The Morgan fingerprint density at radius 1 is 0.952 bits per heavy atom. The molecule has 0 aliphatic carbocycles. The Kier molecular flexibility index (Phi) is 5.27. The summed E-state index contributed by atoms with van der Waals surface area (Å²) in [5, 5.41) is 0. The molecule has 3 heteroatoms. The summed E-state index contributed by atoms with van der Waals surface area (Å²) < 4.78 is 5.15. The van der Waals surface area contributed by atoms with E-state index in [1.807, 2.05) is 74.5 Å². The van der Waals surface area contributed by atoms with Crippen molar-refractivity contribution in [1.29, 1.82) is 0 Å². The molecule has 0 spiro atoms. The topological polar surface area (TPSA) is 38.7 Å². The molecule has 21 heavy (non-hydrogen) atoms. The van der Waals surface area contributed by atoms with E-state index in [0.29, 0.717) is 18.2 Å². The fraction of sp³-hybridized carbons (Fsp3) is 0.222. The maximum atomic E-state index is 11.9. The van der Waals surface area contributed by atoms with Crippen molar-refractivity contribution in [3.63, 3.8) is 0 Å². The standard InChI is InChI=1S/C18H19NO2/c1-14(2)13-21-18(20)19-17(15-9-5-3-6-10-15)16-11-7-4-8-12-16/h3-12,14H,13H2,1-2H3. The van der Waals surface area contributed by atoms with Gasteiger partial charge in [-0.05, 0) is 5.92 Å². The van der Waals surface area contributed by atoms with Crippen LogP contribution in [0.15, 0.2) is 65.7 Å². The maximum absolute atomic E-state index is 11.9. The quantitative estimate of drug-likeness (QED) is 0.783. The molecule has 0 heterocycles. The van der Waals surface area contributed by atoms with Gasteiger partial charge in [0.15, 0.2) is 0 Å². The van der Waals surface area contributed by atoms with Gasteiger partial charge in [0, 0.05) is 11.1 Å². The Balaban J connectivity index is 2.31. The van der Waals surface area contributed by atoms with Crippen LogP contribution >= 0.6 is 0 Å². The van der Waals surface area contributed by atoms with Crippen molar-refractivity contribution in [2.24, 2.45) is 10.9 Å². The van der Waals surface area contributed by atoms with E-state index < -0.39 is 6.09 Å². The summed E-state index contributed by atoms with van der Waals surface area (Å²) in [6.07, 6.45) is -0.550. The third kappa shape index (κ3) is 4.56. The van der Waals surface area contributed by atoms with Crippen LogP contribution in [0.4, 0.5) is 4.79 Å². The first-order chi connectivity index (χ1) is 10.2. The van der Waals surface area contributed by atoms with Crippen molar-refractivity contribution in [3.8, 4) is 0 Å². The van der Waals surface area contributed by atoms with Crippen LogP contribution in [0.2, 0.25) is 0 Å². The highest BCUT2D eigenvalue weighted by Crippen LogP contribution is 2.11. The molecular weight excluding hydrogens is 262 g/mol. The van der Waals surface area contributed by atoms with Crippen molar-refractivity contribution < 1.29 is 9.53 Å². The van der Waals surface area contributed by atoms with Crippen LogP contribution in [0.1, 0.15) is 25.0 Å². The van der Waals surface area contributed by atoms with E-state index in [1.165, 1.54) is 0 Å². The summed E-state index contributed by atoms with van der Waals surface area (Å²) >= 11 is 0. The Morgan fingerprint density at radius 2 is 1.43 bits per heavy atom. The number of aliphatic imine (C=N–C) groups is 1. The largest absolute Gasteiger partial charge is 0.448 e. The third-order valence-corrected chi connectivity index (χ3v) is 2.84. The molecule has 3 nitrogen and oxygen atoms in total. The van der Waals surface area contributed by atoms with Gasteiger partial charge in [0.2, 0.25) is 0 Å². The van der Waals surface area contributed by atoms with E-state index in [9.17, 15) is 4.79 Å². The lowest BCUT2D eigenvalue weighted by Gasteiger charge is -2.08. The number of nitrogens with zero attached hydrogens (tertiary/aromatic N) is 1. The molecule has 108 valence electrons. The number of hydrogen-bond acceptors (Lipinski definition) is 2. The van der Waals surface area contributed by atoms with Crippen LogP contribution in [0.5, 0.6) is 0 Å². The van der Waals surface area contributed by atoms with E-state index in [-0.39, 0.29) is 0 Å². The Hall–Kier alpha value is -2.42. The fourth-order valence-electron chi connectivity index (χ4n) is 1.85. The van der Waals surface area contributed by atoms with Crippen LogP contribution < -0.4 is 0 Å². The van der Waals surface area contributed by atoms with Gasteiger partial charge in [-0.2, -0.15) is 4.99 Å². The van der Waals surface area contributed by atoms with Crippen molar-refractivity contribution in [2.75, 3.05) is 6.61 Å². The van der Waals surface area contributed by atoms with E-state index in [4.69, 9.17) is 4.74 Å². The maximum Gasteiger partial charge on any atom is 0.434 e. The lowest BCUT2D eigenvalue weighted by atomic mass is 10.0. The molecule has 0 atom stereocenters. The van der Waals surface area contributed by atoms with Crippen molar-refractivity contribution in [1.82, 2.24) is 0 Å². The molecule has 1 amide bonds. The average molecular weight is 281 g/mol. The van der Waals surface area contributed by atoms with E-state index in [0.717, 1.165) is 11.1 Å². The first kappa shape index (κ1) is 15.0. The summed E-state index contributed by atoms with van der Waals surface area (Å²) in [4.78, 5) is 16.0. The molecule has 0 bridgehead atoms. The summed E-state index contributed by atoms with van der Waals surface area (Å²) in [6.45, 7) is 4.36. The summed E-state index contributed by atoms with van der Waals surface area (Å²) in [6, 6.07) is 19.3. The monoisotopic (exact) mass is 281 g/mol. The zero-order chi connectivity index (χ0) is 15.1. The zero-order valence-electron chi connectivity index (χ0n) is 12.3. The molecule has 0 fully saturated rings. The van der Waals surface area contributed by atoms with Crippen LogP contribution in [-0.2, 0) is 4.74 Å². The first-order valence-corrected chi connectivity index (χ1v) is 7.03. The number of amides is 1. The Labute approximate surface area is 125 Å². The minimum Gasteiger partial charge on any atom is -0.448 e. The lowest BCUT2D eigenvalue weighted by Crippen LogP contribution is -2.11. The number of benzene rings is 2. The molecule has 2 rings (SSSR count). The predicted octanol–water partition coefficient (Wildman–Crippen LogP) is 4.32.